The van der Waals surface area contributed by atoms with Crippen LogP contribution in [0, 0.1) is 18.3 Å². The number of carboxylic acid groups (broad SMARTS) is 1. The molecule has 176 valence electrons. The van der Waals surface area contributed by atoms with Gasteiger partial charge in [0.1, 0.15) is 12.6 Å². The van der Waals surface area contributed by atoms with Crippen LogP contribution in [0.4, 0.5) is 10.5 Å². The van der Waals surface area contributed by atoms with Gasteiger partial charge in [0.2, 0.25) is 5.91 Å². The summed E-state index contributed by atoms with van der Waals surface area (Å²) in [5, 5.41) is 23.3. The van der Waals surface area contributed by atoms with Crippen molar-refractivity contribution in [1.82, 2.24) is 5.32 Å². The Morgan fingerprint density at radius 3 is 2.26 bits per heavy atom. The van der Waals surface area contributed by atoms with Crippen molar-refractivity contribution in [3.63, 3.8) is 0 Å². The summed E-state index contributed by atoms with van der Waals surface area (Å²) in [5.41, 5.74) is 5.62. The number of anilines is 1. The third kappa shape index (κ3) is 5.14. The molecule has 3 aromatic rings. The van der Waals surface area contributed by atoms with E-state index in [-0.39, 0.29) is 12.5 Å². The quantitative estimate of drug-likeness (QED) is 0.476. The standard InChI is InChI=1S/C27H23N3O5/c1-16-10-11-17(14-28)12-23(16)29-26(33)24(13-25(31)32)30-27(34)35-15-22-20-8-4-2-6-18(20)19-7-3-5-9-21(19)22/h2-12,22,24H,13,15H2,1H3,(H,29,33)(H,30,34)(H,31,32). The van der Waals surface area contributed by atoms with Gasteiger partial charge in [-0.15, -0.1) is 0 Å². The van der Waals surface area contributed by atoms with E-state index in [4.69, 9.17) is 10.00 Å². The Balaban J connectivity index is 1.45. The summed E-state index contributed by atoms with van der Waals surface area (Å²) < 4.78 is 5.45. The normalized spacial score (nSPS) is 12.6. The van der Waals surface area contributed by atoms with E-state index in [0.717, 1.165) is 22.3 Å². The Kier molecular flexibility index (Phi) is 6.78. The lowest BCUT2D eigenvalue weighted by atomic mass is 9.98. The summed E-state index contributed by atoms with van der Waals surface area (Å²) in [4.78, 5) is 36.7. The largest absolute Gasteiger partial charge is 0.481 e. The molecule has 0 saturated heterocycles. The fraction of sp³-hybridized carbons (Fsp3) is 0.185. The molecular formula is C27H23N3O5. The molecule has 8 nitrogen and oxygen atoms in total. The molecule has 1 unspecified atom stereocenters. The molecule has 8 heteroatoms. The molecule has 1 aliphatic carbocycles. The number of amides is 2. The van der Waals surface area contributed by atoms with Crippen LogP contribution >= 0.6 is 0 Å². The highest BCUT2D eigenvalue weighted by atomic mass is 16.5. The second-order valence-electron chi connectivity index (χ2n) is 8.25. The Labute approximate surface area is 202 Å². The van der Waals surface area contributed by atoms with Crippen molar-refractivity contribution in [3.8, 4) is 17.2 Å². The van der Waals surface area contributed by atoms with Crippen LogP contribution in [0.2, 0.25) is 0 Å². The number of fused-ring (bicyclic) bond motifs is 3. The summed E-state index contributed by atoms with van der Waals surface area (Å²) >= 11 is 0. The molecule has 0 spiro atoms. The van der Waals surface area contributed by atoms with Crippen molar-refractivity contribution in [2.45, 2.75) is 25.3 Å². The third-order valence-corrected chi connectivity index (χ3v) is 5.96. The second kappa shape index (κ2) is 10.1. The van der Waals surface area contributed by atoms with Gasteiger partial charge in [-0.3, -0.25) is 9.59 Å². The predicted octanol–water partition coefficient (Wildman–Crippen LogP) is 4.19. The number of aliphatic carboxylic acids is 1. The third-order valence-electron chi connectivity index (χ3n) is 5.96. The van der Waals surface area contributed by atoms with Gasteiger partial charge in [-0.25, -0.2) is 4.79 Å². The average Bonchev–Trinajstić information content (AvgIpc) is 3.17. The van der Waals surface area contributed by atoms with Gasteiger partial charge in [-0.05, 0) is 46.9 Å². The van der Waals surface area contributed by atoms with Crippen molar-refractivity contribution in [2.75, 3.05) is 11.9 Å². The van der Waals surface area contributed by atoms with Crippen molar-refractivity contribution in [1.29, 1.82) is 5.26 Å². The topological polar surface area (TPSA) is 129 Å². The van der Waals surface area contributed by atoms with Crippen molar-refractivity contribution >= 4 is 23.7 Å². The molecule has 1 aliphatic rings. The second-order valence-corrected chi connectivity index (χ2v) is 8.25. The number of rotatable bonds is 7. The molecular weight excluding hydrogens is 446 g/mol. The van der Waals surface area contributed by atoms with Crippen molar-refractivity contribution < 1.29 is 24.2 Å². The fourth-order valence-corrected chi connectivity index (χ4v) is 4.21. The van der Waals surface area contributed by atoms with Gasteiger partial charge < -0.3 is 20.5 Å². The van der Waals surface area contributed by atoms with E-state index < -0.39 is 30.4 Å². The highest BCUT2D eigenvalue weighted by molar-refractivity contribution is 5.99. The number of carboxylic acids is 1. The van der Waals surface area contributed by atoms with E-state index in [2.05, 4.69) is 10.6 Å². The minimum absolute atomic E-state index is 0.0323. The number of nitriles is 1. The van der Waals surface area contributed by atoms with Gasteiger partial charge >= 0.3 is 12.1 Å². The summed E-state index contributed by atoms with van der Waals surface area (Å²) in [6.07, 6.45) is -1.52. The molecule has 0 radical (unpaired) electrons. The Bertz CT molecular complexity index is 1300. The first-order chi connectivity index (χ1) is 16.9. The molecule has 0 bridgehead atoms. The maximum atomic E-state index is 12.8. The number of ether oxygens (including phenoxy) is 1. The number of carbonyl (C=O) groups is 3. The molecule has 1 atom stereocenters. The minimum Gasteiger partial charge on any atom is -0.481 e. The minimum atomic E-state index is -1.37. The monoisotopic (exact) mass is 469 g/mol. The first-order valence-electron chi connectivity index (χ1n) is 11.0. The van der Waals surface area contributed by atoms with E-state index in [9.17, 15) is 19.5 Å². The van der Waals surface area contributed by atoms with Crippen LogP contribution in [0.5, 0.6) is 0 Å². The van der Waals surface area contributed by atoms with Gasteiger partial charge in [0, 0.05) is 11.6 Å². The smallest absolute Gasteiger partial charge is 0.407 e. The van der Waals surface area contributed by atoms with Crippen molar-refractivity contribution in [2.24, 2.45) is 0 Å². The molecule has 35 heavy (non-hydrogen) atoms. The van der Waals surface area contributed by atoms with Gasteiger partial charge in [-0.2, -0.15) is 5.26 Å². The van der Waals surface area contributed by atoms with Crippen LogP contribution in [0.25, 0.3) is 11.1 Å². The summed E-state index contributed by atoms with van der Waals surface area (Å²) in [7, 11) is 0. The number of carbonyl (C=O) groups excluding carboxylic acids is 2. The van der Waals surface area contributed by atoms with Crippen LogP contribution in [0.15, 0.2) is 66.7 Å². The van der Waals surface area contributed by atoms with E-state index in [1.807, 2.05) is 54.6 Å². The van der Waals surface area contributed by atoms with Gasteiger partial charge in [0.25, 0.3) is 0 Å². The van der Waals surface area contributed by atoms with Crippen molar-refractivity contribution in [3.05, 3.63) is 89.0 Å². The maximum absolute atomic E-state index is 12.8. The van der Waals surface area contributed by atoms with Crippen LogP contribution in [-0.4, -0.2) is 35.7 Å². The molecule has 3 aromatic carbocycles. The number of nitrogens with one attached hydrogen (secondary N) is 2. The number of nitrogens with zero attached hydrogens (tertiary/aromatic N) is 1. The first-order valence-corrected chi connectivity index (χ1v) is 11.0. The molecule has 4 rings (SSSR count). The number of alkyl carbamates (subject to hydrolysis) is 1. The van der Waals surface area contributed by atoms with E-state index in [1.165, 1.54) is 6.07 Å². The van der Waals surface area contributed by atoms with Crippen LogP contribution in [0.1, 0.15) is 34.6 Å². The summed E-state index contributed by atoms with van der Waals surface area (Å²) in [6.45, 7) is 1.77. The highest BCUT2D eigenvalue weighted by Crippen LogP contribution is 2.44. The summed E-state index contributed by atoms with van der Waals surface area (Å²) in [6, 6.07) is 21.1. The van der Waals surface area contributed by atoms with Gasteiger partial charge in [0.15, 0.2) is 0 Å². The fourth-order valence-electron chi connectivity index (χ4n) is 4.21. The number of hydrogen-bond acceptors (Lipinski definition) is 5. The van der Waals surface area contributed by atoms with Crippen LogP contribution < -0.4 is 10.6 Å². The number of hydrogen-bond donors (Lipinski definition) is 3. The Morgan fingerprint density at radius 2 is 1.66 bits per heavy atom. The lowest BCUT2D eigenvalue weighted by Crippen LogP contribution is -2.45. The SMILES string of the molecule is Cc1ccc(C#N)cc1NC(=O)C(CC(=O)O)NC(=O)OCC1c2ccccc2-c2ccccc21. The zero-order valence-electron chi connectivity index (χ0n) is 18.9. The highest BCUT2D eigenvalue weighted by Gasteiger charge is 2.30. The molecule has 0 aromatic heterocycles. The lowest BCUT2D eigenvalue weighted by molar-refractivity contribution is -0.139. The predicted molar refractivity (Wildman–Crippen MR) is 129 cm³/mol. The zero-order chi connectivity index (χ0) is 24.9. The molecule has 0 saturated carbocycles. The zero-order valence-corrected chi connectivity index (χ0v) is 18.9. The Hall–Kier alpha value is -4.64. The average molecular weight is 469 g/mol. The van der Waals surface area contributed by atoms with E-state index in [1.54, 1.807) is 19.1 Å². The molecule has 2 amide bonds. The maximum Gasteiger partial charge on any atom is 0.407 e. The van der Waals surface area contributed by atoms with Crippen LogP contribution in [0.3, 0.4) is 0 Å². The van der Waals surface area contributed by atoms with Crippen LogP contribution in [-0.2, 0) is 14.3 Å². The van der Waals surface area contributed by atoms with E-state index >= 15 is 0 Å². The molecule has 0 aliphatic heterocycles. The van der Waals surface area contributed by atoms with E-state index in [0.29, 0.717) is 16.8 Å². The van der Waals surface area contributed by atoms with Gasteiger partial charge in [-0.1, -0.05) is 54.6 Å². The summed E-state index contributed by atoms with van der Waals surface area (Å²) in [5.74, 6) is -2.15. The first kappa shape index (κ1) is 23.5. The number of benzene rings is 3. The van der Waals surface area contributed by atoms with Gasteiger partial charge in [0.05, 0.1) is 18.1 Å². The molecule has 0 fully saturated rings. The number of aryl methyl sites for hydroxylation is 1. The Morgan fingerprint density at radius 1 is 1.03 bits per heavy atom. The lowest BCUT2D eigenvalue weighted by Gasteiger charge is -2.19. The molecule has 3 N–H and O–H groups in total. The molecule has 0 heterocycles.